The molecule has 2 rings (SSSR count). The van der Waals surface area contributed by atoms with Gasteiger partial charge in [0.1, 0.15) is 26.0 Å². The molecule has 2 aromatic carbocycles. The molecule has 0 bridgehead atoms. The van der Waals surface area contributed by atoms with Crippen molar-refractivity contribution >= 4 is 26.0 Å². The molecule has 0 aliphatic heterocycles. The molecule has 0 heterocycles. The molecule has 0 N–H and O–H groups in total. The van der Waals surface area contributed by atoms with Gasteiger partial charge in [0.25, 0.3) is 0 Å². The standard InChI is InChI=1S/C38H60O11S2/c1-5-6-7-8-9-10-11-12-13-14-15-16-17-18-19-20-25-49-34-24-22-31(27-36(34)48-4)38(51(43,44)45)29-32(39)28-37(50(40,41)42)30-21-23-33(46-2)35(26-30)47-3/h21-24,26-27,37-38H,5-20,25,28-29H2,1-4H3,(H,40,41,42)(H,43,44,45)/p-2. The number of methoxy groups -OCH3 is 3. The van der Waals surface area contributed by atoms with E-state index in [9.17, 15) is 30.7 Å². The first-order chi connectivity index (χ1) is 24.3. The minimum atomic E-state index is -5.08. The maximum Gasteiger partial charge on any atom is 0.161 e. The molecule has 2 unspecified atom stereocenters. The first-order valence-corrected chi connectivity index (χ1v) is 21.2. The van der Waals surface area contributed by atoms with Gasteiger partial charge in [-0.15, -0.1) is 0 Å². The van der Waals surface area contributed by atoms with Gasteiger partial charge in [0, 0.05) is 12.8 Å². The lowest BCUT2D eigenvalue weighted by molar-refractivity contribution is -0.119. The zero-order chi connectivity index (χ0) is 37.7. The summed E-state index contributed by atoms with van der Waals surface area (Å²) in [5, 5.41) is -3.68. The highest BCUT2D eigenvalue weighted by atomic mass is 32.2. The number of benzene rings is 2. The van der Waals surface area contributed by atoms with Crippen molar-refractivity contribution < 1.29 is 49.7 Å². The van der Waals surface area contributed by atoms with Crippen LogP contribution in [-0.4, -0.2) is 59.7 Å². The highest BCUT2D eigenvalue weighted by Gasteiger charge is 2.29. The first kappa shape index (κ1) is 44.3. The van der Waals surface area contributed by atoms with Crippen molar-refractivity contribution in [1.82, 2.24) is 0 Å². The van der Waals surface area contributed by atoms with E-state index in [1.54, 1.807) is 0 Å². The van der Waals surface area contributed by atoms with Gasteiger partial charge in [-0.2, -0.15) is 0 Å². The second-order valence-corrected chi connectivity index (χ2v) is 16.2. The molecule has 2 aromatic rings. The van der Waals surface area contributed by atoms with Gasteiger partial charge in [-0.05, 0) is 41.8 Å². The fourth-order valence-electron chi connectivity index (χ4n) is 6.16. The van der Waals surface area contributed by atoms with Crippen LogP contribution in [0.15, 0.2) is 36.4 Å². The Kier molecular flexibility index (Phi) is 20.5. The third-order valence-corrected chi connectivity index (χ3v) is 11.4. The third kappa shape index (κ3) is 16.6. The van der Waals surface area contributed by atoms with Crippen molar-refractivity contribution in [3.05, 3.63) is 47.5 Å². The number of carbonyl (C=O) groups is 1. The molecule has 0 aliphatic rings. The van der Waals surface area contributed by atoms with Crippen molar-refractivity contribution in [2.75, 3.05) is 27.9 Å². The van der Waals surface area contributed by atoms with Crippen LogP contribution in [0, 0.1) is 0 Å². The highest BCUT2D eigenvalue weighted by molar-refractivity contribution is 7.86. The molecule has 0 spiro atoms. The maximum atomic E-state index is 13.1. The summed E-state index contributed by atoms with van der Waals surface area (Å²) in [7, 11) is -6.08. The van der Waals surface area contributed by atoms with Crippen LogP contribution in [0.4, 0.5) is 0 Å². The Morgan fingerprint density at radius 3 is 1.27 bits per heavy atom. The van der Waals surface area contributed by atoms with Crippen LogP contribution in [0.25, 0.3) is 0 Å². The molecule has 2 atom stereocenters. The van der Waals surface area contributed by atoms with Crippen LogP contribution in [0.5, 0.6) is 23.0 Å². The van der Waals surface area contributed by atoms with E-state index in [0.29, 0.717) is 12.4 Å². The number of hydrogen-bond donors (Lipinski definition) is 0. The van der Waals surface area contributed by atoms with E-state index in [0.717, 1.165) is 19.3 Å². The molecule has 0 aliphatic carbocycles. The summed E-state index contributed by atoms with van der Waals surface area (Å²) in [5.41, 5.74) is -0.0531. The fraction of sp³-hybridized carbons (Fsp3) is 0.658. The number of carbonyl (C=O) groups excluding carboxylic acids is 1. The average Bonchev–Trinajstić information content (AvgIpc) is 3.09. The van der Waals surface area contributed by atoms with Crippen LogP contribution < -0.4 is 18.9 Å². The predicted molar refractivity (Wildman–Crippen MR) is 197 cm³/mol. The minimum absolute atomic E-state index is 0.0161. The molecule has 51 heavy (non-hydrogen) atoms. The number of rotatable bonds is 29. The molecule has 0 fully saturated rings. The molecule has 0 amide bonds. The second kappa shape index (κ2) is 23.6. The van der Waals surface area contributed by atoms with Gasteiger partial charge in [0.2, 0.25) is 0 Å². The van der Waals surface area contributed by atoms with Crippen molar-refractivity contribution in [2.45, 2.75) is 133 Å². The Hall–Kier alpha value is -2.87. The maximum absolute atomic E-state index is 13.1. The van der Waals surface area contributed by atoms with E-state index < -0.39 is 49.4 Å². The largest absolute Gasteiger partial charge is 0.747 e. The minimum Gasteiger partial charge on any atom is -0.747 e. The summed E-state index contributed by atoms with van der Waals surface area (Å²) in [4.78, 5) is 13.1. The topological polar surface area (TPSA) is 168 Å². The van der Waals surface area contributed by atoms with Gasteiger partial charge >= 0.3 is 0 Å². The average molecular weight is 755 g/mol. The molecule has 11 nitrogen and oxygen atoms in total. The van der Waals surface area contributed by atoms with Crippen molar-refractivity contribution in [3.8, 4) is 23.0 Å². The second-order valence-electron chi connectivity index (χ2n) is 13.1. The summed E-state index contributed by atoms with van der Waals surface area (Å²) in [6, 6.07) is 8.13. The lowest BCUT2D eigenvalue weighted by Gasteiger charge is -2.24. The number of Topliss-reactive ketones (excluding diaryl/α,β-unsaturated/α-hetero) is 1. The van der Waals surface area contributed by atoms with E-state index in [4.69, 9.17) is 18.9 Å². The molecule has 0 aromatic heterocycles. The van der Waals surface area contributed by atoms with E-state index in [2.05, 4.69) is 6.92 Å². The molecule has 0 radical (unpaired) electrons. The van der Waals surface area contributed by atoms with E-state index in [-0.39, 0.29) is 28.4 Å². The first-order valence-electron chi connectivity index (χ1n) is 18.3. The van der Waals surface area contributed by atoms with Crippen LogP contribution in [0.2, 0.25) is 0 Å². The quantitative estimate of drug-likeness (QED) is 0.0576. The summed E-state index contributed by atoms with van der Waals surface area (Å²) in [6.07, 6.45) is 18.5. The Balaban J connectivity index is 1.86. The number of unbranched alkanes of at least 4 members (excludes halogenated alkanes) is 15. The molecule has 0 saturated heterocycles. The Labute approximate surface area is 306 Å². The lowest BCUT2D eigenvalue weighted by atomic mass is 10.0. The molecule has 0 saturated carbocycles. The van der Waals surface area contributed by atoms with Crippen LogP contribution in [0.1, 0.15) is 144 Å². The van der Waals surface area contributed by atoms with Gasteiger partial charge in [0.15, 0.2) is 23.0 Å². The highest BCUT2D eigenvalue weighted by Crippen LogP contribution is 2.37. The SMILES string of the molecule is CCCCCCCCCCCCCCCCCCOc1ccc(C(CC(=O)CC(c2ccc(OC)c(OC)c2)S(=O)(=O)[O-])S(=O)(=O)[O-])cc1OC. The third-order valence-electron chi connectivity index (χ3n) is 9.12. The van der Waals surface area contributed by atoms with Gasteiger partial charge < -0.3 is 28.1 Å². The Morgan fingerprint density at radius 2 is 0.902 bits per heavy atom. The molecular weight excluding hydrogens is 697 g/mol. The smallest absolute Gasteiger partial charge is 0.161 e. The fourth-order valence-corrected chi connectivity index (χ4v) is 7.90. The molecule has 13 heteroatoms. The van der Waals surface area contributed by atoms with Crippen molar-refractivity contribution in [1.29, 1.82) is 0 Å². The van der Waals surface area contributed by atoms with Gasteiger partial charge in [-0.3, -0.25) is 4.79 Å². The van der Waals surface area contributed by atoms with Crippen molar-refractivity contribution in [2.24, 2.45) is 0 Å². The monoisotopic (exact) mass is 754 g/mol. The van der Waals surface area contributed by atoms with E-state index >= 15 is 0 Å². The van der Waals surface area contributed by atoms with Gasteiger partial charge in [-0.1, -0.05) is 115 Å². The predicted octanol–water partition coefficient (Wildman–Crippen LogP) is 8.57. The number of ketones is 1. The number of ether oxygens (including phenoxy) is 4. The normalized spacial score (nSPS) is 13.1. The number of hydrogen-bond acceptors (Lipinski definition) is 11. The van der Waals surface area contributed by atoms with Crippen molar-refractivity contribution in [3.63, 3.8) is 0 Å². The van der Waals surface area contributed by atoms with E-state index in [1.165, 1.54) is 141 Å². The lowest BCUT2D eigenvalue weighted by Crippen LogP contribution is -2.21. The summed E-state index contributed by atoms with van der Waals surface area (Å²) >= 11 is 0. The van der Waals surface area contributed by atoms with Gasteiger partial charge in [-0.25, -0.2) is 16.8 Å². The zero-order valence-corrected chi connectivity index (χ0v) is 32.5. The molecule has 290 valence electrons. The van der Waals surface area contributed by atoms with Crippen LogP contribution >= 0.6 is 0 Å². The van der Waals surface area contributed by atoms with E-state index in [1.807, 2.05) is 0 Å². The van der Waals surface area contributed by atoms with Gasteiger partial charge in [0.05, 0.1) is 38.4 Å². The Bertz CT molecular complexity index is 1520. The summed E-state index contributed by atoms with van der Waals surface area (Å²) < 4.78 is 95.0. The summed E-state index contributed by atoms with van der Waals surface area (Å²) in [6.45, 7) is 2.68. The summed E-state index contributed by atoms with van der Waals surface area (Å²) in [5.74, 6) is 0.0669. The zero-order valence-electron chi connectivity index (χ0n) is 30.9. The van der Waals surface area contributed by atoms with Crippen LogP contribution in [-0.2, 0) is 25.0 Å². The molecular formula is C38H58O11S2-2. The van der Waals surface area contributed by atoms with Crippen LogP contribution in [0.3, 0.4) is 0 Å². The Morgan fingerprint density at radius 1 is 0.549 bits per heavy atom.